The van der Waals surface area contributed by atoms with Gasteiger partial charge in [0, 0.05) is 30.8 Å². The van der Waals surface area contributed by atoms with E-state index in [1.807, 2.05) is 24.3 Å². The van der Waals surface area contributed by atoms with E-state index in [0.717, 1.165) is 5.56 Å². The van der Waals surface area contributed by atoms with Crippen LogP contribution in [0.5, 0.6) is 17.2 Å². The molecule has 0 atom stereocenters. The lowest BCUT2D eigenvalue weighted by Gasteiger charge is -2.26. The molecule has 1 aliphatic rings. The van der Waals surface area contributed by atoms with E-state index in [-0.39, 0.29) is 18.4 Å². The maximum atomic E-state index is 12.5. The summed E-state index contributed by atoms with van der Waals surface area (Å²) in [5, 5.41) is 2.87. The molecule has 3 rings (SSSR count). The molecule has 2 amide bonds. The smallest absolute Gasteiger partial charge is 0.260 e. The number of hydrogen-bond acceptors (Lipinski definition) is 6. The fourth-order valence-electron chi connectivity index (χ4n) is 3.10. The van der Waals surface area contributed by atoms with Crippen molar-refractivity contribution in [3.63, 3.8) is 0 Å². The Labute approximate surface area is 175 Å². The Morgan fingerprint density at radius 3 is 2.47 bits per heavy atom. The molecule has 0 bridgehead atoms. The summed E-state index contributed by atoms with van der Waals surface area (Å²) >= 11 is 0. The molecule has 160 valence electrons. The predicted molar refractivity (Wildman–Crippen MR) is 110 cm³/mol. The van der Waals surface area contributed by atoms with Gasteiger partial charge >= 0.3 is 0 Å². The van der Waals surface area contributed by atoms with E-state index in [9.17, 15) is 9.59 Å². The summed E-state index contributed by atoms with van der Waals surface area (Å²) in [6, 6.07) is 12.3. The molecule has 0 saturated carbocycles. The van der Waals surface area contributed by atoms with Gasteiger partial charge in [0.1, 0.15) is 5.75 Å². The van der Waals surface area contributed by atoms with Crippen molar-refractivity contribution < 1.29 is 28.5 Å². The summed E-state index contributed by atoms with van der Waals surface area (Å²) in [4.78, 5) is 26.5. The molecule has 0 aromatic heterocycles. The number of nitrogens with one attached hydrogen (secondary N) is 1. The molecule has 1 N–H and O–H groups in total. The largest absolute Gasteiger partial charge is 0.496 e. The van der Waals surface area contributed by atoms with E-state index >= 15 is 0 Å². The Morgan fingerprint density at radius 1 is 1.00 bits per heavy atom. The second-order valence-corrected chi connectivity index (χ2v) is 6.64. The quantitative estimate of drug-likeness (QED) is 0.710. The molecule has 0 unspecified atom stereocenters. The standard InChI is InChI=1S/C22H26N2O6/c1-27-18-6-4-3-5-17(18)14-23-22(26)16-7-8-19(20(13-16)28-2)30-15-21(25)24-9-11-29-12-10-24/h3-8,13H,9-12,14-15H2,1-2H3,(H,23,26). The summed E-state index contributed by atoms with van der Waals surface area (Å²) in [6.45, 7) is 2.42. The third kappa shape index (κ3) is 5.42. The monoisotopic (exact) mass is 414 g/mol. The Kier molecular flexibility index (Phi) is 7.51. The third-order valence-electron chi connectivity index (χ3n) is 4.77. The minimum Gasteiger partial charge on any atom is -0.496 e. The number of nitrogens with zero attached hydrogens (tertiary/aromatic N) is 1. The minimum absolute atomic E-state index is 0.101. The van der Waals surface area contributed by atoms with Crippen molar-refractivity contribution >= 4 is 11.8 Å². The Hall–Kier alpha value is -3.26. The van der Waals surface area contributed by atoms with Crippen molar-refractivity contribution in [2.45, 2.75) is 6.54 Å². The predicted octanol–water partition coefficient (Wildman–Crippen LogP) is 1.87. The van der Waals surface area contributed by atoms with E-state index in [4.69, 9.17) is 18.9 Å². The van der Waals surface area contributed by atoms with Gasteiger partial charge < -0.3 is 29.2 Å². The van der Waals surface area contributed by atoms with Crippen LogP contribution in [0.3, 0.4) is 0 Å². The SMILES string of the molecule is COc1ccccc1CNC(=O)c1ccc(OCC(=O)N2CCOCC2)c(OC)c1. The van der Waals surface area contributed by atoms with E-state index in [1.165, 1.54) is 7.11 Å². The minimum atomic E-state index is -0.254. The molecule has 8 heteroatoms. The van der Waals surface area contributed by atoms with Crippen LogP contribution in [0.15, 0.2) is 42.5 Å². The number of carbonyl (C=O) groups is 2. The first kappa shape index (κ1) is 21.4. The number of rotatable bonds is 8. The second-order valence-electron chi connectivity index (χ2n) is 6.64. The Morgan fingerprint density at radius 2 is 1.73 bits per heavy atom. The van der Waals surface area contributed by atoms with Gasteiger partial charge in [0.25, 0.3) is 11.8 Å². The summed E-state index contributed by atoms with van der Waals surface area (Å²) in [6.07, 6.45) is 0. The highest BCUT2D eigenvalue weighted by molar-refractivity contribution is 5.94. The Balaban J connectivity index is 1.60. The van der Waals surface area contributed by atoms with Crippen molar-refractivity contribution in [1.82, 2.24) is 10.2 Å². The number of methoxy groups -OCH3 is 2. The number of hydrogen-bond donors (Lipinski definition) is 1. The fraction of sp³-hybridized carbons (Fsp3) is 0.364. The zero-order valence-electron chi connectivity index (χ0n) is 17.2. The summed E-state index contributed by atoms with van der Waals surface area (Å²) in [5.41, 5.74) is 1.30. The topological polar surface area (TPSA) is 86.3 Å². The first-order valence-electron chi connectivity index (χ1n) is 9.69. The van der Waals surface area contributed by atoms with Gasteiger partial charge in [0.15, 0.2) is 18.1 Å². The van der Waals surface area contributed by atoms with Gasteiger partial charge in [-0.2, -0.15) is 0 Å². The van der Waals surface area contributed by atoms with Crippen LogP contribution in [0.1, 0.15) is 15.9 Å². The first-order chi connectivity index (χ1) is 14.6. The number of benzene rings is 2. The zero-order chi connectivity index (χ0) is 21.3. The van der Waals surface area contributed by atoms with Crippen LogP contribution >= 0.6 is 0 Å². The van der Waals surface area contributed by atoms with Crippen molar-refractivity contribution in [3.05, 3.63) is 53.6 Å². The molecule has 1 fully saturated rings. The van der Waals surface area contributed by atoms with Crippen LogP contribution in [-0.4, -0.2) is 63.8 Å². The molecule has 2 aromatic carbocycles. The second kappa shape index (κ2) is 10.5. The average Bonchev–Trinajstić information content (AvgIpc) is 2.81. The Bertz CT molecular complexity index is 880. The van der Waals surface area contributed by atoms with E-state index in [1.54, 1.807) is 30.2 Å². The maximum absolute atomic E-state index is 12.5. The van der Waals surface area contributed by atoms with E-state index in [0.29, 0.717) is 55.7 Å². The lowest BCUT2D eigenvalue weighted by molar-refractivity contribution is -0.137. The number of para-hydroxylation sites is 1. The molecular weight excluding hydrogens is 388 g/mol. The van der Waals surface area contributed by atoms with Gasteiger partial charge in [-0.05, 0) is 24.3 Å². The van der Waals surface area contributed by atoms with Gasteiger partial charge in [0.05, 0.1) is 27.4 Å². The molecule has 1 heterocycles. The highest BCUT2D eigenvalue weighted by Gasteiger charge is 2.18. The summed E-state index contributed by atoms with van der Waals surface area (Å²) in [5.74, 6) is 1.13. The van der Waals surface area contributed by atoms with Crippen LogP contribution < -0.4 is 19.5 Å². The molecule has 30 heavy (non-hydrogen) atoms. The van der Waals surface area contributed by atoms with Crippen LogP contribution in [0, 0.1) is 0 Å². The van der Waals surface area contributed by atoms with Crippen molar-refractivity contribution in [3.8, 4) is 17.2 Å². The molecular formula is C22H26N2O6. The lowest BCUT2D eigenvalue weighted by atomic mass is 10.1. The first-order valence-corrected chi connectivity index (χ1v) is 9.69. The normalized spacial score (nSPS) is 13.5. The molecule has 0 aliphatic carbocycles. The number of ether oxygens (including phenoxy) is 4. The zero-order valence-corrected chi connectivity index (χ0v) is 17.2. The molecule has 2 aromatic rings. The van der Waals surface area contributed by atoms with Crippen LogP contribution in [0.4, 0.5) is 0 Å². The highest BCUT2D eigenvalue weighted by Crippen LogP contribution is 2.28. The van der Waals surface area contributed by atoms with Crippen molar-refractivity contribution in [1.29, 1.82) is 0 Å². The van der Waals surface area contributed by atoms with E-state index < -0.39 is 0 Å². The van der Waals surface area contributed by atoms with E-state index in [2.05, 4.69) is 5.32 Å². The van der Waals surface area contributed by atoms with Gasteiger partial charge in [0.2, 0.25) is 0 Å². The fourth-order valence-corrected chi connectivity index (χ4v) is 3.10. The van der Waals surface area contributed by atoms with Gasteiger partial charge in [-0.3, -0.25) is 9.59 Å². The highest BCUT2D eigenvalue weighted by atomic mass is 16.5. The number of morpholine rings is 1. The van der Waals surface area contributed by atoms with Gasteiger partial charge in [-0.15, -0.1) is 0 Å². The summed E-state index contributed by atoms with van der Waals surface area (Å²) in [7, 11) is 3.08. The molecule has 0 radical (unpaired) electrons. The molecule has 1 aliphatic heterocycles. The average molecular weight is 414 g/mol. The maximum Gasteiger partial charge on any atom is 0.260 e. The third-order valence-corrected chi connectivity index (χ3v) is 4.77. The number of amides is 2. The van der Waals surface area contributed by atoms with Gasteiger partial charge in [-0.1, -0.05) is 18.2 Å². The van der Waals surface area contributed by atoms with Crippen LogP contribution in [0.25, 0.3) is 0 Å². The van der Waals surface area contributed by atoms with Crippen molar-refractivity contribution in [2.75, 3.05) is 47.1 Å². The van der Waals surface area contributed by atoms with Gasteiger partial charge in [-0.25, -0.2) is 0 Å². The lowest BCUT2D eigenvalue weighted by Crippen LogP contribution is -2.43. The van der Waals surface area contributed by atoms with Crippen molar-refractivity contribution in [2.24, 2.45) is 0 Å². The van der Waals surface area contributed by atoms with Crippen LogP contribution in [-0.2, 0) is 16.1 Å². The molecule has 1 saturated heterocycles. The number of carbonyl (C=O) groups excluding carboxylic acids is 2. The molecule has 8 nitrogen and oxygen atoms in total. The summed E-state index contributed by atoms with van der Waals surface area (Å²) < 4.78 is 21.5. The molecule has 0 spiro atoms. The van der Waals surface area contributed by atoms with Crippen LogP contribution in [0.2, 0.25) is 0 Å².